The van der Waals surface area contributed by atoms with Gasteiger partial charge in [-0.15, -0.1) is 0 Å². The summed E-state index contributed by atoms with van der Waals surface area (Å²) in [6.07, 6.45) is 7.32. The quantitative estimate of drug-likeness (QED) is 0.462. The molecule has 0 saturated heterocycles. The first kappa shape index (κ1) is 15.1. The molecule has 0 spiro atoms. The van der Waals surface area contributed by atoms with E-state index < -0.39 is 0 Å². The first-order valence-corrected chi connectivity index (χ1v) is 8.47. The van der Waals surface area contributed by atoms with E-state index in [4.69, 9.17) is 16.3 Å². The molecule has 19 heavy (non-hydrogen) atoms. The molecule has 3 nitrogen and oxygen atoms in total. The van der Waals surface area contributed by atoms with Crippen LogP contribution in [0.15, 0.2) is 5.16 Å². The number of hydrogen-bond acceptors (Lipinski definition) is 4. The average Bonchev–Trinajstić information content (AvgIpc) is 2.44. The first-order chi connectivity index (χ1) is 9.14. The van der Waals surface area contributed by atoms with Crippen LogP contribution < -0.4 is 0 Å². The van der Waals surface area contributed by atoms with Gasteiger partial charge in [0.2, 0.25) is 0 Å². The molecule has 0 N–H and O–H groups in total. The highest BCUT2D eigenvalue weighted by molar-refractivity contribution is 7.98. The molecule has 0 saturated carbocycles. The van der Waals surface area contributed by atoms with Gasteiger partial charge in [-0.3, -0.25) is 0 Å². The third-order valence-corrected chi connectivity index (χ3v) is 4.71. The van der Waals surface area contributed by atoms with Crippen molar-refractivity contribution in [1.82, 2.24) is 9.97 Å². The number of hydrogen-bond donors (Lipinski definition) is 0. The molecule has 1 atom stereocenters. The number of fused-ring (bicyclic) bond motifs is 1. The molecule has 2 rings (SSSR count). The highest BCUT2D eigenvalue weighted by Crippen LogP contribution is 2.36. The van der Waals surface area contributed by atoms with E-state index in [1.165, 1.54) is 24.6 Å². The standard InChI is InChI=1S/C14H21ClN2OS/c1-4-6-7-14(5-2)8-11-10(9-18-14)12(15)17-13(16-11)19-3/h4-9H2,1-3H3. The molecule has 1 aromatic rings. The second-order valence-corrected chi connectivity index (χ2v) is 6.16. The third kappa shape index (κ3) is 3.23. The molecular formula is C14H21ClN2OS. The van der Waals surface area contributed by atoms with Crippen LogP contribution in [0.2, 0.25) is 5.15 Å². The largest absolute Gasteiger partial charge is 0.370 e. The minimum Gasteiger partial charge on any atom is -0.370 e. The van der Waals surface area contributed by atoms with Crippen LogP contribution in [0.1, 0.15) is 50.8 Å². The molecule has 0 aromatic carbocycles. The number of aromatic nitrogens is 2. The van der Waals surface area contributed by atoms with Crippen molar-refractivity contribution in [1.29, 1.82) is 0 Å². The molecule has 0 fully saturated rings. The van der Waals surface area contributed by atoms with E-state index in [1.54, 1.807) is 0 Å². The summed E-state index contributed by atoms with van der Waals surface area (Å²) in [5.41, 5.74) is 1.99. The van der Waals surface area contributed by atoms with Gasteiger partial charge in [-0.05, 0) is 19.1 Å². The summed E-state index contributed by atoms with van der Waals surface area (Å²) in [7, 11) is 0. The SMILES string of the molecule is CCCCC1(CC)Cc2nc(SC)nc(Cl)c2CO1. The fourth-order valence-corrected chi connectivity index (χ4v) is 3.18. The van der Waals surface area contributed by atoms with E-state index in [-0.39, 0.29) is 5.60 Å². The molecule has 1 aliphatic rings. The molecular weight excluding hydrogens is 280 g/mol. The Bertz CT molecular complexity index is 455. The van der Waals surface area contributed by atoms with Crippen LogP contribution in [-0.4, -0.2) is 21.8 Å². The maximum Gasteiger partial charge on any atom is 0.188 e. The van der Waals surface area contributed by atoms with Crippen molar-refractivity contribution < 1.29 is 4.74 Å². The Kier molecular flexibility index (Phi) is 5.09. The van der Waals surface area contributed by atoms with Gasteiger partial charge in [-0.1, -0.05) is 50.1 Å². The summed E-state index contributed by atoms with van der Waals surface area (Å²) in [4.78, 5) is 8.91. The number of rotatable bonds is 5. The molecule has 5 heteroatoms. The minimum atomic E-state index is -0.0592. The summed E-state index contributed by atoms with van der Waals surface area (Å²) in [6.45, 7) is 4.95. The zero-order valence-electron chi connectivity index (χ0n) is 11.8. The van der Waals surface area contributed by atoms with Gasteiger partial charge in [0.25, 0.3) is 0 Å². The van der Waals surface area contributed by atoms with E-state index in [1.807, 2.05) is 6.26 Å². The zero-order valence-corrected chi connectivity index (χ0v) is 13.4. The smallest absolute Gasteiger partial charge is 0.188 e. The van der Waals surface area contributed by atoms with E-state index in [0.29, 0.717) is 11.8 Å². The maximum atomic E-state index is 6.22. The van der Waals surface area contributed by atoms with Crippen molar-refractivity contribution in [2.45, 2.75) is 63.3 Å². The summed E-state index contributed by atoms with van der Waals surface area (Å²) in [5, 5.41) is 1.31. The van der Waals surface area contributed by atoms with Gasteiger partial charge in [0.1, 0.15) is 5.15 Å². The number of ether oxygens (including phenoxy) is 1. The molecule has 1 aromatic heterocycles. The van der Waals surface area contributed by atoms with Gasteiger partial charge in [-0.2, -0.15) is 0 Å². The van der Waals surface area contributed by atoms with E-state index >= 15 is 0 Å². The fourth-order valence-electron chi connectivity index (χ4n) is 2.50. The Balaban J connectivity index is 2.28. The number of halogens is 1. The molecule has 1 unspecified atom stereocenters. The summed E-state index contributed by atoms with van der Waals surface area (Å²) in [5.74, 6) is 0. The van der Waals surface area contributed by atoms with Crippen molar-refractivity contribution in [3.63, 3.8) is 0 Å². The van der Waals surface area contributed by atoms with Crippen molar-refractivity contribution >= 4 is 23.4 Å². The summed E-state index contributed by atoms with van der Waals surface area (Å²) < 4.78 is 6.13. The lowest BCUT2D eigenvalue weighted by Gasteiger charge is -2.37. The Morgan fingerprint density at radius 3 is 2.79 bits per heavy atom. The monoisotopic (exact) mass is 300 g/mol. The van der Waals surface area contributed by atoms with E-state index in [9.17, 15) is 0 Å². The lowest BCUT2D eigenvalue weighted by Crippen LogP contribution is -2.38. The van der Waals surface area contributed by atoms with Crippen LogP contribution in [0.4, 0.5) is 0 Å². The lowest BCUT2D eigenvalue weighted by atomic mass is 9.85. The topological polar surface area (TPSA) is 35.0 Å². The van der Waals surface area contributed by atoms with Crippen LogP contribution in [-0.2, 0) is 17.8 Å². The first-order valence-electron chi connectivity index (χ1n) is 6.87. The highest BCUT2D eigenvalue weighted by Gasteiger charge is 2.35. The van der Waals surface area contributed by atoms with Crippen LogP contribution in [0.5, 0.6) is 0 Å². The van der Waals surface area contributed by atoms with Crippen molar-refractivity contribution in [2.75, 3.05) is 6.26 Å². The number of unbranched alkanes of at least 4 members (excludes halogenated alkanes) is 1. The molecule has 2 heterocycles. The predicted octanol–water partition coefficient (Wildman–Crippen LogP) is 4.26. The summed E-state index contributed by atoms with van der Waals surface area (Å²) >= 11 is 7.76. The normalized spacial score (nSPS) is 22.3. The van der Waals surface area contributed by atoms with Crippen LogP contribution >= 0.6 is 23.4 Å². The molecule has 106 valence electrons. The van der Waals surface area contributed by atoms with Crippen LogP contribution in [0.25, 0.3) is 0 Å². The van der Waals surface area contributed by atoms with Crippen molar-refractivity contribution in [2.24, 2.45) is 0 Å². The molecule has 0 amide bonds. The van der Waals surface area contributed by atoms with Gasteiger partial charge in [-0.25, -0.2) is 9.97 Å². The average molecular weight is 301 g/mol. The Morgan fingerprint density at radius 1 is 1.37 bits per heavy atom. The second-order valence-electron chi connectivity index (χ2n) is 5.03. The molecule has 0 aliphatic carbocycles. The van der Waals surface area contributed by atoms with Crippen molar-refractivity contribution in [3.8, 4) is 0 Å². The zero-order chi connectivity index (χ0) is 13.9. The molecule has 0 radical (unpaired) electrons. The van der Waals surface area contributed by atoms with Crippen molar-refractivity contribution in [3.05, 3.63) is 16.4 Å². The predicted molar refractivity (Wildman–Crippen MR) is 79.9 cm³/mol. The second kappa shape index (κ2) is 6.42. The fraction of sp³-hybridized carbons (Fsp3) is 0.714. The minimum absolute atomic E-state index is 0.0592. The van der Waals surface area contributed by atoms with Gasteiger partial charge < -0.3 is 4.74 Å². The molecule has 1 aliphatic heterocycles. The van der Waals surface area contributed by atoms with Gasteiger partial charge in [0.05, 0.1) is 17.9 Å². The Labute approximate surface area is 124 Å². The Hall–Kier alpha value is -0.320. The van der Waals surface area contributed by atoms with Gasteiger partial charge >= 0.3 is 0 Å². The number of thioether (sulfide) groups is 1. The third-order valence-electron chi connectivity index (χ3n) is 3.85. The van der Waals surface area contributed by atoms with Gasteiger partial charge in [0.15, 0.2) is 5.16 Å². The van der Waals surface area contributed by atoms with Crippen LogP contribution in [0.3, 0.4) is 0 Å². The van der Waals surface area contributed by atoms with Crippen LogP contribution in [0, 0.1) is 0 Å². The Morgan fingerprint density at radius 2 is 2.16 bits per heavy atom. The number of nitrogens with zero attached hydrogens (tertiary/aromatic N) is 2. The lowest BCUT2D eigenvalue weighted by molar-refractivity contribution is -0.0782. The van der Waals surface area contributed by atoms with E-state index in [2.05, 4.69) is 23.8 Å². The highest BCUT2D eigenvalue weighted by atomic mass is 35.5. The molecule has 0 bridgehead atoms. The summed E-state index contributed by atoms with van der Waals surface area (Å²) in [6, 6.07) is 0. The van der Waals surface area contributed by atoms with E-state index in [0.717, 1.165) is 35.7 Å². The van der Waals surface area contributed by atoms with Gasteiger partial charge in [0, 0.05) is 12.0 Å². The maximum absolute atomic E-state index is 6.22.